The lowest BCUT2D eigenvalue weighted by Gasteiger charge is -2.55. The van der Waals surface area contributed by atoms with Gasteiger partial charge in [0.15, 0.2) is 0 Å². The molecule has 104 valence electrons. The molecule has 1 N–H and O–H groups in total. The minimum absolute atomic E-state index is 0.283. The predicted molar refractivity (Wildman–Crippen MR) is 74.7 cm³/mol. The first-order valence-corrected chi connectivity index (χ1v) is 7.87. The summed E-state index contributed by atoms with van der Waals surface area (Å²) in [6.07, 6.45) is 9.26. The zero-order chi connectivity index (χ0) is 12.9. The second-order valence-electron chi connectivity index (χ2n) is 7.83. The lowest BCUT2D eigenvalue weighted by atomic mass is 9.59. The summed E-state index contributed by atoms with van der Waals surface area (Å²) in [7, 11) is 0. The van der Waals surface area contributed by atoms with Gasteiger partial charge in [-0.25, -0.2) is 0 Å². The molecule has 0 amide bonds. The molecule has 1 saturated carbocycles. The second kappa shape index (κ2) is 4.21. The maximum Gasteiger partial charge on any atom is 0.0686 e. The average Bonchev–Trinajstić information content (AvgIpc) is 2.76. The molecule has 0 aromatic heterocycles. The summed E-state index contributed by atoms with van der Waals surface area (Å²) >= 11 is 0. The monoisotopic (exact) mass is 251 g/mol. The Kier molecular flexibility index (Phi) is 3.02. The van der Waals surface area contributed by atoms with Crippen LogP contribution in [-0.4, -0.2) is 24.3 Å². The van der Waals surface area contributed by atoms with E-state index in [9.17, 15) is 0 Å². The van der Waals surface area contributed by atoms with E-state index in [1.165, 1.54) is 51.5 Å². The molecular formula is C16H29NO. The quantitative estimate of drug-likeness (QED) is 0.770. The van der Waals surface area contributed by atoms with Crippen molar-refractivity contribution in [1.29, 1.82) is 0 Å². The molecule has 2 heteroatoms. The Morgan fingerprint density at radius 2 is 1.89 bits per heavy atom. The standard InChI is InChI=1S/C16H29NO/c1-14(2,3)16(9-5-10-17-16)13-6-11-18-15(12-13)7-4-8-15/h13,17H,4-12H2,1-3H3. The Balaban J connectivity index is 1.82. The highest BCUT2D eigenvalue weighted by atomic mass is 16.5. The Hall–Kier alpha value is -0.0800. The van der Waals surface area contributed by atoms with Crippen LogP contribution in [0.15, 0.2) is 0 Å². The van der Waals surface area contributed by atoms with Gasteiger partial charge < -0.3 is 10.1 Å². The minimum atomic E-state index is 0.283. The fraction of sp³-hybridized carbons (Fsp3) is 1.00. The molecule has 0 radical (unpaired) electrons. The van der Waals surface area contributed by atoms with Gasteiger partial charge in [-0.3, -0.25) is 0 Å². The number of hydrogen-bond acceptors (Lipinski definition) is 2. The van der Waals surface area contributed by atoms with Crippen molar-refractivity contribution in [3.05, 3.63) is 0 Å². The molecule has 2 heterocycles. The molecule has 18 heavy (non-hydrogen) atoms. The van der Waals surface area contributed by atoms with Gasteiger partial charge >= 0.3 is 0 Å². The first-order chi connectivity index (χ1) is 8.48. The van der Waals surface area contributed by atoms with E-state index in [4.69, 9.17) is 4.74 Å². The molecule has 3 aliphatic rings. The van der Waals surface area contributed by atoms with Gasteiger partial charge in [0.2, 0.25) is 0 Å². The number of ether oxygens (including phenoxy) is 1. The van der Waals surface area contributed by atoms with Crippen molar-refractivity contribution in [2.75, 3.05) is 13.2 Å². The van der Waals surface area contributed by atoms with Crippen LogP contribution in [0.2, 0.25) is 0 Å². The number of hydrogen-bond donors (Lipinski definition) is 1. The number of nitrogens with one attached hydrogen (secondary N) is 1. The summed E-state index contributed by atoms with van der Waals surface area (Å²) in [5, 5.41) is 3.91. The maximum atomic E-state index is 6.12. The summed E-state index contributed by atoms with van der Waals surface area (Å²) in [5.74, 6) is 0.814. The molecular weight excluding hydrogens is 222 g/mol. The summed E-state index contributed by atoms with van der Waals surface area (Å²) in [4.78, 5) is 0. The van der Waals surface area contributed by atoms with Crippen LogP contribution in [0.3, 0.4) is 0 Å². The summed E-state index contributed by atoms with van der Waals surface area (Å²) in [5.41, 5.74) is 1.00. The van der Waals surface area contributed by atoms with Crippen LogP contribution in [0.1, 0.15) is 65.7 Å². The smallest absolute Gasteiger partial charge is 0.0686 e. The van der Waals surface area contributed by atoms with Gasteiger partial charge in [0, 0.05) is 12.1 Å². The lowest BCUT2D eigenvalue weighted by Crippen LogP contribution is -2.60. The molecule has 1 aliphatic carbocycles. The molecule has 0 bridgehead atoms. The highest BCUT2D eigenvalue weighted by molar-refractivity contribution is 5.09. The van der Waals surface area contributed by atoms with E-state index in [2.05, 4.69) is 26.1 Å². The van der Waals surface area contributed by atoms with Crippen molar-refractivity contribution in [2.45, 2.75) is 76.9 Å². The molecule has 3 rings (SSSR count). The van der Waals surface area contributed by atoms with Crippen LogP contribution in [-0.2, 0) is 4.74 Å². The van der Waals surface area contributed by atoms with Gasteiger partial charge in [0.1, 0.15) is 0 Å². The first-order valence-electron chi connectivity index (χ1n) is 7.87. The third-order valence-corrected chi connectivity index (χ3v) is 5.98. The van der Waals surface area contributed by atoms with Crippen LogP contribution in [0.5, 0.6) is 0 Å². The van der Waals surface area contributed by atoms with E-state index in [1.807, 2.05) is 0 Å². The van der Waals surface area contributed by atoms with Crippen LogP contribution in [0.25, 0.3) is 0 Å². The van der Waals surface area contributed by atoms with Crippen molar-refractivity contribution in [2.24, 2.45) is 11.3 Å². The molecule has 0 aromatic carbocycles. The normalized spacial score (nSPS) is 39.8. The summed E-state index contributed by atoms with van der Waals surface area (Å²) < 4.78 is 6.12. The highest BCUT2D eigenvalue weighted by Gasteiger charge is 2.54. The Bertz CT molecular complexity index is 308. The Morgan fingerprint density at radius 1 is 1.11 bits per heavy atom. The van der Waals surface area contributed by atoms with E-state index in [1.54, 1.807) is 0 Å². The van der Waals surface area contributed by atoms with Crippen molar-refractivity contribution < 1.29 is 4.74 Å². The predicted octanol–water partition coefficient (Wildman–Crippen LogP) is 3.50. The van der Waals surface area contributed by atoms with Crippen LogP contribution < -0.4 is 5.32 Å². The minimum Gasteiger partial charge on any atom is -0.375 e. The van der Waals surface area contributed by atoms with E-state index in [0.717, 1.165) is 12.5 Å². The third-order valence-electron chi connectivity index (χ3n) is 5.98. The van der Waals surface area contributed by atoms with E-state index < -0.39 is 0 Å². The fourth-order valence-corrected chi connectivity index (χ4v) is 4.74. The lowest BCUT2D eigenvalue weighted by molar-refractivity contribution is -0.160. The van der Waals surface area contributed by atoms with E-state index in [-0.39, 0.29) is 5.60 Å². The van der Waals surface area contributed by atoms with Gasteiger partial charge in [0.05, 0.1) is 5.60 Å². The first kappa shape index (κ1) is 12.9. The molecule has 1 spiro atoms. The second-order valence-corrected chi connectivity index (χ2v) is 7.83. The van der Waals surface area contributed by atoms with Gasteiger partial charge in [-0.1, -0.05) is 20.8 Å². The van der Waals surface area contributed by atoms with Crippen molar-refractivity contribution in [3.63, 3.8) is 0 Å². The molecule has 2 nitrogen and oxygen atoms in total. The highest BCUT2D eigenvalue weighted by Crippen LogP contribution is 2.52. The maximum absolute atomic E-state index is 6.12. The van der Waals surface area contributed by atoms with Crippen molar-refractivity contribution in [1.82, 2.24) is 5.32 Å². The van der Waals surface area contributed by atoms with E-state index >= 15 is 0 Å². The SMILES string of the molecule is CC(C)(C)C1(C2CCOC3(CCC3)C2)CCCN1. The Labute approximate surface area is 112 Å². The molecule has 0 aromatic rings. The number of rotatable bonds is 1. The summed E-state index contributed by atoms with van der Waals surface area (Å²) in [6, 6.07) is 0. The average molecular weight is 251 g/mol. The fourth-order valence-electron chi connectivity index (χ4n) is 4.74. The van der Waals surface area contributed by atoms with Gasteiger partial charge in [-0.15, -0.1) is 0 Å². The zero-order valence-corrected chi connectivity index (χ0v) is 12.3. The molecule has 2 aliphatic heterocycles. The zero-order valence-electron chi connectivity index (χ0n) is 12.3. The van der Waals surface area contributed by atoms with Gasteiger partial charge in [-0.2, -0.15) is 0 Å². The molecule has 3 fully saturated rings. The van der Waals surface area contributed by atoms with Crippen molar-refractivity contribution in [3.8, 4) is 0 Å². The van der Waals surface area contributed by atoms with Crippen LogP contribution in [0.4, 0.5) is 0 Å². The van der Waals surface area contributed by atoms with Crippen LogP contribution in [0, 0.1) is 11.3 Å². The largest absolute Gasteiger partial charge is 0.375 e. The van der Waals surface area contributed by atoms with Gasteiger partial charge in [-0.05, 0) is 62.8 Å². The molecule has 2 saturated heterocycles. The Morgan fingerprint density at radius 3 is 2.39 bits per heavy atom. The summed E-state index contributed by atoms with van der Waals surface area (Å²) in [6.45, 7) is 9.47. The van der Waals surface area contributed by atoms with Crippen molar-refractivity contribution >= 4 is 0 Å². The third kappa shape index (κ3) is 1.84. The molecule has 2 atom stereocenters. The topological polar surface area (TPSA) is 21.3 Å². The molecule has 2 unspecified atom stereocenters. The van der Waals surface area contributed by atoms with Gasteiger partial charge in [0.25, 0.3) is 0 Å². The van der Waals surface area contributed by atoms with Crippen LogP contribution >= 0.6 is 0 Å². The van der Waals surface area contributed by atoms with E-state index in [0.29, 0.717) is 11.0 Å².